The van der Waals surface area contributed by atoms with Gasteiger partial charge in [-0.15, -0.1) is 0 Å². The van der Waals surface area contributed by atoms with Crippen molar-refractivity contribution in [3.05, 3.63) is 218 Å². The molecule has 0 unspecified atom stereocenters. The van der Waals surface area contributed by atoms with Crippen molar-refractivity contribution in [1.29, 1.82) is 0 Å². The van der Waals surface area contributed by atoms with Crippen LogP contribution in [0.3, 0.4) is 0 Å². The number of nitrogens with zero attached hydrogens (tertiary/aromatic N) is 2. The van der Waals surface area contributed by atoms with Gasteiger partial charge in [0.05, 0.1) is 5.69 Å². The van der Waals surface area contributed by atoms with E-state index in [0.717, 1.165) is 89.6 Å². The molecule has 0 fully saturated rings. The Hall–Kier alpha value is -8.08. The molecule has 0 N–H and O–H groups in total. The van der Waals surface area contributed by atoms with Crippen LogP contribution in [0.25, 0.3) is 65.7 Å². The highest BCUT2D eigenvalue weighted by Crippen LogP contribution is 2.51. The van der Waals surface area contributed by atoms with Gasteiger partial charge in [0.25, 0.3) is 0 Å². The van der Waals surface area contributed by atoms with E-state index in [-0.39, 0.29) is 0 Å². The largest absolute Gasteiger partial charge is 0.456 e. The number of para-hydroxylation sites is 6. The van der Waals surface area contributed by atoms with Gasteiger partial charge in [-0.1, -0.05) is 127 Å². The molecule has 0 saturated heterocycles. The Balaban J connectivity index is 0.977. The van der Waals surface area contributed by atoms with Crippen molar-refractivity contribution >= 4 is 77.6 Å². The molecule has 60 heavy (non-hydrogen) atoms. The van der Waals surface area contributed by atoms with E-state index >= 15 is 0 Å². The van der Waals surface area contributed by atoms with Crippen molar-refractivity contribution in [1.82, 2.24) is 0 Å². The number of furan rings is 1. The van der Waals surface area contributed by atoms with Gasteiger partial charge in [-0.3, -0.25) is 0 Å². The first-order chi connectivity index (χ1) is 29.8. The minimum atomic E-state index is 0.830. The summed E-state index contributed by atoms with van der Waals surface area (Å²) in [5.74, 6) is 1.69. The fourth-order valence-electron chi connectivity index (χ4n) is 9.11. The maximum atomic E-state index is 6.99. The van der Waals surface area contributed by atoms with E-state index in [1.165, 1.54) is 21.7 Å². The van der Waals surface area contributed by atoms with Crippen molar-refractivity contribution in [2.75, 3.05) is 9.80 Å². The lowest BCUT2D eigenvalue weighted by Crippen LogP contribution is -2.09. The molecule has 0 amide bonds. The smallest absolute Gasteiger partial charge is 0.159 e. The average molecular weight is 769 g/mol. The standard InChI is InChI=1S/C56H36N2O2/c1-5-16-39(17-6-1)57(40-18-7-2-8-19-40)43-32-30-37-34-50-45-33-31-38(35-53(45)59-52-29-15-25-46(54(50)52)49(37)36-43)44-24-13-26-47-48-27-14-28-51(56(48)60-55(44)47)58(41-20-9-3-10-21-41)42-22-11-4-12-23-42/h1-36H. The van der Waals surface area contributed by atoms with Gasteiger partial charge in [-0.2, -0.15) is 0 Å². The third kappa shape index (κ3) is 5.46. The zero-order valence-corrected chi connectivity index (χ0v) is 32.5. The quantitative estimate of drug-likeness (QED) is 0.151. The molecule has 0 aliphatic carbocycles. The van der Waals surface area contributed by atoms with E-state index in [1.54, 1.807) is 0 Å². The van der Waals surface area contributed by atoms with Crippen molar-refractivity contribution in [2.24, 2.45) is 0 Å². The molecule has 1 aromatic heterocycles. The zero-order chi connectivity index (χ0) is 39.6. The monoisotopic (exact) mass is 768 g/mol. The van der Waals surface area contributed by atoms with E-state index in [1.807, 2.05) is 12.1 Å². The Morgan fingerprint density at radius 2 is 0.900 bits per heavy atom. The fraction of sp³-hybridized carbons (Fsp3) is 0. The third-order valence-electron chi connectivity index (χ3n) is 11.8. The summed E-state index contributed by atoms with van der Waals surface area (Å²) in [4.78, 5) is 4.58. The fourth-order valence-corrected chi connectivity index (χ4v) is 9.11. The summed E-state index contributed by atoms with van der Waals surface area (Å²) >= 11 is 0. The normalized spacial score (nSPS) is 11.8. The molecule has 1 aliphatic rings. The lowest BCUT2D eigenvalue weighted by atomic mass is 9.89. The Morgan fingerprint density at radius 1 is 0.317 bits per heavy atom. The molecule has 4 nitrogen and oxygen atoms in total. The maximum Gasteiger partial charge on any atom is 0.159 e. The van der Waals surface area contributed by atoms with Crippen LogP contribution in [0.1, 0.15) is 0 Å². The first kappa shape index (κ1) is 34.0. The summed E-state index contributed by atoms with van der Waals surface area (Å²) in [6, 6.07) is 77.0. The zero-order valence-electron chi connectivity index (χ0n) is 32.5. The highest BCUT2D eigenvalue weighted by molar-refractivity contribution is 6.18. The lowest BCUT2D eigenvalue weighted by Gasteiger charge is -2.27. The minimum Gasteiger partial charge on any atom is -0.456 e. The molecule has 10 aromatic carbocycles. The summed E-state index contributed by atoms with van der Waals surface area (Å²) in [5, 5.41) is 6.80. The van der Waals surface area contributed by atoms with Crippen LogP contribution in [0.4, 0.5) is 34.1 Å². The first-order valence-corrected chi connectivity index (χ1v) is 20.3. The van der Waals surface area contributed by atoms with Gasteiger partial charge >= 0.3 is 0 Å². The predicted octanol–water partition coefficient (Wildman–Crippen LogP) is 16.3. The number of rotatable bonds is 7. The van der Waals surface area contributed by atoms with Gasteiger partial charge in [-0.25, -0.2) is 0 Å². The van der Waals surface area contributed by atoms with Crippen LogP contribution < -0.4 is 14.5 Å². The molecule has 11 aromatic rings. The van der Waals surface area contributed by atoms with Crippen LogP contribution in [0.2, 0.25) is 0 Å². The molecule has 0 atom stereocenters. The number of benzene rings is 10. The van der Waals surface area contributed by atoms with Crippen LogP contribution >= 0.6 is 0 Å². The molecule has 0 saturated carbocycles. The second kappa shape index (κ2) is 13.8. The Morgan fingerprint density at radius 3 is 1.57 bits per heavy atom. The predicted molar refractivity (Wildman–Crippen MR) is 249 cm³/mol. The Kier molecular flexibility index (Phi) is 7.82. The topological polar surface area (TPSA) is 28.9 Å². The maximum absolute atomic E-state index is 6.99. The highest BCUT2D eigenvalue weighted by Gasteiger charge is 2.25. The van der Waals surface area contributed by atoms with E-state index in [9.17, 15) is 0 Å². The molecular weight excluding hydrogens is 733 g/mol. The summed E-state index contributed by atoms with van der Waals surface area (Å²) in [6.07, 6.45) is 0. The minimum absolute atomic E-state index is 0.830. The molecule has 12 rings (SSSR count). The average Bonchev–Trinajstić information content (AvgIpc) is 3.71. The van der Waals surface area contributed by atoms with Crippen LogP contribution in [0.15, 0.2) is 223 Å². The van der Waals surface area contributed by atoms with Crippen molar-refractivity contribution in [3.63, 3.8) is 0 Å². The molecule has 0 radical (unpaired) electrons. The summed E-state index contributed by atoms with van der Waals surface area (Å²) < 4.78 is 13.8. The van der Waals surface area contributed by atoms with Gasteiger partial charge in [0.1, 0.15) is 17.1 Å². The first-order valence-electron chi connectivity index (χ1n) is 20.3. The van der Waals surface area contributed by atoms with Gasteiger partial charge in [0.15, 0.2) is 5.58 Å². The summed E-state index contributed by atoms with van der Waals surface area (Å²) in [5.41, 5.74) is 12.4. The van der Waals surface area contributed by atoms with Gasteiger partial charge in [0.2, 0.25) is 0 Å². The van der Waals surface area contributed by atoms with Gasteiger partial charge in [-0.05, 0) is 118 Å². The number of hydrogen-bond donors (Lipinski definition) is 0. The molecular formula is C56H36N2O2. The Labute approximate surface area is 347 Å². The van der Waals surface area contributed by atoms with E-state index < -0.39 is 0 Å². The molecule has 2 heterocycles. The summed E-state index contributed by atoms with van der Waals surface area (Å²) in [7, 11) is 0. The summed E-state index contributed by atoms with van der Waals surface area (Å²) in [6.45, 7) is 0. The SMILES string of the molecule is c1ccc(N(c2ccccc2)c2ccc3cc4c5c(cccc5c3c2)Oc2cc(-c3cccc5c3oc3c(N(c6ccccc6)c6ccccc6)cccc35)ccc2-4)cc1. The van der Waals surface area contributed by atoms with Gasteiger partial charge in [0, 0.05) is 55.7 Å². The van der Waals surface area contributed by atoms with Crippen molar-refractivity contribution < 1.29 is 9.15 Å². The third-order valence-corrected chi connectivity index (χ3v) is 11.8. The molecule has 282 valence electrons. The van der Waals surface area contributed by atoms with E-state index in [4.69, 9.17) is 9.15 Å². The van der Waals surface area contributed by atoms with E-state index in [2.05, 4.69) is 216 Å². The Bertz CT molecular complexity index is 3320. The van der Waals surface area contributed by atoms with Crippen LogP contribution in [-0.4, -0.2) is 0 Å². The number of hydrogen-bond acceptors (Lipinski definition) is 4. The van der Waals surface area contributed by atoms with Crippen molar-refractivity contribution in [2.45, 2.75) is 0 Å². The van der Waals surface area contributed by atoms with Crippen molar-refractivity contribution in [3.8, 4) is 33.8 Å². The second-order valence-electron chi connectivity index (χ2n) is 15.3. The van der Waals surface area contributed by atoms with Crippen LogP contribution in [0, 0.1) is 0 Å². The van der Waals surface area contributed by atoms with Gasteiger partial charge < -0.3 is 19.0 Å². The number of ether oxygens (including phenoxy) is 1. The molecule has 4 heteroatoms. The van der Waals surface area contributed by atoms with Crippen LogP contribution in [0.5, 0.6) is 11.5 Å². The highest BCUT2D eigenvalue weighted by atomic mass is 16.5. The molecule has 0 spiro atoms. The molecule has 0 bridgehead atoms. The van der Waals surface area contributed by atoms with E-state index in [0.29, 0.717) is 0 Å². The number of anilines is 6. The van der Waals surface area contributed by atoms with Crippen LogP contribution in [-0.2, 0) is 0 Å². The number of fused-ring (bicyclic) bond motifs is 7. The lowest BCUT2D eigenvalue weighted by molar-refractivity contribution is 0.487. The molecule has 1 aliphatic heterocycles. The second-order valence-corrected chi connectivity index (χ2v) is 15.3.